The summed E-state index contributed by atoms with van der Waals surface area (Å²) in [6.45, 7) is 0. The first-order valence-electron chi connectivity index (χ1n) is 8.63. The lowest BCUT2D eigenvalue weighted by Gasteiger charge is -2.24. The lowest BCUT2D eigenvalue weighted by Crippen LogP contribution is -2.23. The largest absolute Gasteiger partial charge is 0.493 e. The molecule has 3 unspecified atom stereocenters. The summed E-state index contributed by atoms with van der Waals surface area (Å²) < 4.78 is 11.8. The van der Waals surface area contributed by atoms with Gasteiger partial charge in [0.25, 0.3) is 0 Å². The fraction of sp³-hybridized carbons (Fsp3) is 0.474. The normalized spacial score (nSPS) is 24.4. The van der Waals surface area contributed by atoms with Crippen LogP contribution in [0.4, 0.5) is 0 Å². The molecule has 2 aliphatic rings. The number of hydrogen-bond donors (Lipinski definition) is 1. The van der Waals surface area contributed by atoms with Gasteiger partial charge in [0.1, 0.15) is 11.1 Å². The van der Waals surface area contributed by atoms with Gasteiger partial charge in [0.05, 0.1) is 19.2 Å². The highest BCUT2D eigenvalue weighted by Gasteiger charge is 2.41. The molecule has 6 heteroatoms. The molecular formula is C19H21NO4S. The van der Waals surface area contributed by atoms with Gasteiger partial charge in [0.2, 0.25) is 0 Å². The Morgan fingerprint density at radius 3 is 2.88 bits per heavy atom. The summed E-state index contributed by atoms with van der Waals surface area (Å²) in [7, 11) is 1.65. The molecule has 2 fully saturated rings. The first-order valence-corrected chi connectivity index (χ1v) is 9.51. The maximum absolute atomic E-state index is 10.8. The van der Waals surface area contributed by atoms with Crippen molar-refractivity contribution in [3.8, 4) is 22.8 Å². The third kappa shape index (κ3) is 3.35. The molecule has 2 aliphatic carbocycles. The number of hydrogen-bond acceptors (Lipinski definition) is 5. The Balaban J connectivity index is 1.57. The van der Waals surface area contributed by atoms with E-state index in [1.807, 2.05) is 23.6 Å². The van der Waals surface area contributed by atoms with Crippen LogP contribution in [0.1, 0.15) is 30.7 Å². The van der Waals surface area contributed by atoms with E-state index < -0.39 is 5.97 Å². The van der Waals surface area contributed by atoms with E-state index >= 15 is 0 Å². The van der Waals surface area contributed by atoms with Crippen LogP contribution in [-0.2, 0) is 11.2 Å². The maximum Gasteiger partial charge on any atom is 0.310 e. The first kappa shape index (κ1) is 16.4. The number of aromatic nitrogens is 1. The van der Waals surface area contributed by atoms with Crippen molar-refractivity contribution in [2.24, 2.45) is 11.8 Å². The van der Waals surface area contributed by atoms with Gasteiger partial charge in [0.15, 0.2) is 11.5 Å². The smallest absolute Gasteiger partial charge is 0.310 e. The zero-order valence-corrected chi connectivity index (χ0v) is 14.9. The summed E-state index contributed by atoms with van der Waals surface area (Å²) in [5, 5.41) is 11.4. The number of rotatable bonds is 6. The van der Waals surface area contributed by atoms with Crippen LogP contribution < -0.4 is 9.47 Å². The van der Waals surface area contributed by atoms with Gasteiger partial charge in [-0.1, -0.05) is 0 Å². The Hall–Kier alpha value is -2.08. The van der Waals surface area contributed by atoms with E-state index in [-0.39, 0.29) is 12.5 Å². The summed E-state index contributed by atoms with van der Waals surface area (Å²) in [5.74, 6) is 2.11. The van der Waals surface area contributed by atoms with Crippen LogP contribution in [0.15, 0.2) is 23.6 Å². The number of carbonyl (C=O) groups is 1. The average molecular weight is 359 g/mol. The summed E-state index contributed by atoms with van der Waals surface area (Å²) >= 11 is 1.37. The van der Waals surface area contributed by atoms with Crippen LogP contribution in [-0.4, -0.2) is 29.3 Å². The van der Waals surface area contributed by atoms with Gasteiger partial charge >= 0.3 is 5.97 Å². The summed E-state index contributed by atoms with van der Waals surface area (Å²) in [4.78, 5) is 15.3. The van der Waals surface area contributed by atoms with Crippen molar-refractivity contribution in [2.75, 3.05) is 7.11 Å². The number of methoxy groups -OCH3 is 1. The number of carboxylic acids is 1. The quantitative estimate of drug-likeness (QED) is 0.844. The van der Waals surface area contributed by atoms with Crippen molar-refractivity contribution in [1.82, 2.24) is 4.98 Å². The third-order valence-corrected chi connectivity index (χ3v) is 6.11. The molecule has 1 N–H and O–H groups in total. The number of carboxylic acid groups (broad SMARTS) is 1. The van der Waals surface area contributed by atoms with E-state index in [1.54, 1.807) is 7.11 Å². The standard InChI is InChI=1S/C19H21NO4S/c1-23-15-5-4-12(14-10-25-18(20-14)9-19(21)22)8-17(15)24-16-7-11-2-3-13(16)6-11/h4-5,8,10-11,13,16H,2-3,6-7,9H2,1H3,(H,21,22). The average Bonchev–Trinajstić information content (AvgIpc) is 3.31. The van der Waals surface area contributed by atoms with Crippen molar-refractivity contribution in [3.63, 3.8) is 0 Å². The lowest BCUT2D eigenvalue weighted by atomic mass is 9.97. The van der Waals surface area contributed by atoms with Gasteiger partial charge in [-0.3, -0.25) is 4.79 Å². The Bertz CT molecular complexity index is 787. The van der Waals surface area contributed by atoms with Crippen LogP contribution in [0.2, 0.25) is 0 Å². The zero-order chi connectivity index (χ0) is 17.4. The van der Waals surface area contributed by atoms with Gasteiger partial charge in [0, 0.05) is 10.9 Å². The molecule has 2 bridgehead atoms. The minimum absolute atomic E-state index is 0.0463. The molecule has 2 saturated carbocycles. The molecule has 0 saturated heterocycles. The summed E-state index contributed by atoms with van der Waals surface area (Å²) in [5.41, 5.74) is 1.70. The first-order chi connectivity index (χ1) is 12.1. The second-order valence-corrected chi connectivity index (χ2v) is 7.84. The van der Waals surface area contributed by atoms with Crippen molar-refractivity contribution in [3.05, 3.63) is 28.6 Å². The molecule has 0 aliphatic heterocycles. The molecule has 1 heterocycles. The van der Waals surface area contributed by atoms with Gasteiger partial charge < -0.3 is 14.6 Å². The van der Waals surface area contributed by atoms with E-state index in [9.17, 15) is 4.79 Å². The third-order valence-electron chi connectivity index (χ3n) is 5.27. The van der Waals surface area contributed by atoms with Crippen molar-refractivity contribution < 1.29 is 19.4 Å². The Kier molecular flexibility index (Phi) is 4.37. The van der Waals surface area contributed by atoms with E-state index in [0.717, 1.165) is 35.1 Å². The van der Waals surface area contributed by atoms with Gasteiger partial charge in [-0.2, -0.15) is 0 Å². The predicted molar refractivity (Wildman–Crippen MR) is 95.3 cm³/mol. The van der Waals surface area contributed by atoms with Gasteiger partial charge in [-0.25, -0.2) is 4.98 Å². The fourth-order valence-corrected chi connectivity index (χ4v) is 4.87. The molecule has 1 aromatic carbocycles. The van der Waals surface area contributed by atoms with Gasteiger partial charge in [-0.05, 0) is 55.7 Å². The van der Waals surface area contributed by atoms with Gasteiger partial charge in [-0.15, -0.1) is 11.3 Å². The number of benzene rings is 1. The molecule has 5 nitrogen and oxygen atoms in total. The topological polar surface area (TPSA) is 68.7 Å². The van der Waals surface area contributed by atoms with E-state index in [4.69, 9.17) is 14.6 Å². The summed E-state index contributed by atoms with van der Waals surface area (Å²) in [6.07, 6.45) is 5.26. The number of thiazole rings is 1. The fourth-order valence-electron chi connectivity index (χ4n) is 4.08. The minimum atomic E-state index is -0.865. The highest BCUT2D eigenvalue weighted by molar-refractivity contribution is 7.10. The maximum atomic E-state index is 10.8. The molecule has 1 aromatic heterocycles. The van der Waals surface area contributed by atoms with Crippen molar-refractivity contribution in [1.29, 1.82) is 0 Å². The van der Waals surface area contributed by atoms with Crippen LogP contribution in [0.25, 0.3) is 11.3 Å². The zero-order valence-electron chi connectivity index (χ0n) is 14.1. The van der Waals surface area contributed by atoms with Crippen LogP contribution >= 0.6 is 11.3 Å². The minimum Gasteiger partial charge on any atom is -0.493 e. The molecule has 0 radical (unpaired) electrons. The Morgan fingerprint density at radius 1 is 1.32 bits per heavy atom. The van der Waals surface area contributed by atoms with Crippen molar-refractivity contribution >= 4 is 17.3 Å². The van der Waals surface area contributed by atoms with E-state index in [1.165, 1.54) is 30.6 Å². The second-order valence-electron chi connectivity index (χ2n) is 6.89. The van der Waals surface area contributed by atoms with E-state index in [2.05, 4.69) is 4.98 Å². The molecule has 4 rings (SSSR count). The second kappa shape index (κ2) is 6.67. The van der Waals surface area contributed by atoms with E-state index in [0.29, 0.717) is 10.9 Å². The molecule has 132 valence electrons. The summed E-state index contributed by atoms with van der Waals surface area (Å²) in [6, 6.07) is 5.80. The SMILES string of the molecule is COc1ccc(-c2csc(CC(=O)O)n2)cc1OC1CC2CCC1C2. The van der Waals surface area contributed by atoms with Crippen LogP contribution in [0.3, 0.4) is 0 Å². The highest BCUT2D eigenvalue weighted by Crippen LogP contribution is 2.47. The lowest BCUT2D eigenvalue weighted by molar-refractivity contribution is -0.136. The number of ether oxygens (including phenoxy) is 2. The van der Waals surface area contributed by atoms with Crippen LogP contribution in [0.5, 0.6) is 11.5 Å². The number of nitrogens with zero attached hydrogens (tertiary/aromatic N) is 1. The monoisotopic (exact) mass is 359 g/mol. The molecule has 25 heavy (non-hydrogen) atoms. The molecule has 0 amide bonds. The number of aliphatic carboxylic acids is 1. The molecule has 3 atom stereocenters. The molecule has 0 spiro atoms. The molecule has 2 aromatic rings. The van der Waals surface area contributed by atoms with Crippen LogP contribution in [0, 0.1) is 11.8 Å². The number of fused-ring (bicyclic) bond motifs is 2. The molecular weight excluding hydrogens is 338 g/mol. The highest BCUT2D eigenvalue weighted by atomic mass is 32.1. The Labute approximate surface area is 150 Å². The van der Waals surface area contributed by atoms with Crippen molar-refractivity contribution in [2.45, 2.75) is 38.2 Å². The Morgan fingerprint density at radius 2 is 2.20 bits per heavy atom. The predicted octanol–water partition coefficient (Wildman–Crippen LogP) is 4.01.